The van der Waals surface area contributed by atoms with E-state index < -0.39 is 0 Å². The summed E-state index contributed by atoms with van der Waals surface area (Å²) in [5.41, 5.74) is 1.99. The van der Waals surface area contributed by atoms with E-state index in [9.17, 15) is 5.11 Å². The van der Waals surface area contributed by atoms with E-state index in [0.717, 1.165) is 50.1 Å². The number of para-hydroxylation sites is 2. The molecule has 2 heterocycles. The summed E-state index contributed by atoms with van der Waals surface area (Å²) >= 11 is 0. The van der Waals surface area contributed by atoms with Gasteiger partial charge in [0.2, 0.25) is 0 Å². The van der Waals surface area contributed by atoms with Gasteiger partial charge in [0.1, 0.15) is 5.75 Å². The van der Waals surface area contributed by atoms with Crippen LogP contribution in [0.15, 0.2) is 41.5 Å². The van der Waals surface area contributed by atoms with Gasteiger partial charge in [-0.3, -0.25) is 4.68 Å². The Kier molecular flexibility index (Phi) is 5.42. The highest BCUT2D eigenvalue weighted by Gasteiger charge is 2.21. The molecule has 1 saturated heterocycles. The Balaban J connectivity index is 1.64. The van der Waals surface area contributed by atoms with Crippen LogP contribution in [0.3, 0.4) is 0 Å². The lowest BCUT2D eigenvalue weighted by Gasteiger charge is -2.37. The number of benzene rings is 1. The molecule has 0 amide bonds. The second-order valence-corrected chi connectivity index (χ2v) is 6.08. The average Bonchev–Trinajstić information content (AvgIpc) is 3.04. The monoisotopic (exact) mass is 342 g/mol. The predicted molar refractivity (Wildman–Crippen MR) is 99.9 cm³/mol. The van der Waals surface area contributed by atoms with E-state index in [-0.39, 0.29) is 0 Å². The van der Waals surface area contributed by atoms with Crippen molar-refractivity contribution in [2.75, 3.05) is 37.6 Å². The molecule has 0 saturated carbocycles. The van der Waals surface area contributed by atoms with E-state index in [0.29, 0.717) is 12.3 Å². The van der Waals surface area contributed by atoms with E-state index >= 15 is 0 Å². The summed E-state index contributed by atoms with van der Waals surface area (Å²) in [7, 11) is 1.93. The van der Waals surface area contributed by atoms with Crippen LogP contribution in [-0.2, 0) is 13.6 Å². The zero-order valence-corrected chi connectivity index (χ0v) is 14.9. The van der Waals surface area contributed by atoms with Crippen molar-refractivity contribution in [3.8, 4) is 5.75 Å². The molecule has 1 aliphatic rings. The summed E-state index contributed by atoms with van der Waals surface area (Å²) in [4.78, 5) is 9.25. The molecular weight excluding hydrogens is 316 g/mol. The Bertz CT molecular complexity index is 718. The van der Waals surface area contributed by atoms with Crippen molar-refractivity contribution in [2.24, 2.45) is 12.0 Å². The highest BCUT2D eigenvalue weighted by molar-refractivity contribution is 5.80. The molecule has 1 aromatic heterocycles. The lowest BCUT2D eigenvalue weighted by molar-refractivity contribution is 0.369. The number of piperazine rings is 1. The molecule has 2 N–H and O–H groups in total. The van der Waals surface area contributed by atoms with Gasteiger partial charge in [0.05, 0.1) is 17.9 Å². The first-order valence-corrected chi connectivity index (χ1v) is 8.72. The van der Waals surface area contributed by atoms with E-state index in [4.69, 9.17) is 4.99 Å². The third-order valence-corrected chi connectivity index (χ3v) is 4.45. The number of hydrogen-bond acceptors (Lipinski definition) is 4. The molecule has 7 nitrogen and oxygen atoms in total. The number of guanidine groups is 1. The molecule has 0 bridgehead atoms. The minimum atomic E-state index is 0.340. The summed E-state index contributed by atoms with van der Waals surface area (Å²) in [5, 5.41) is 17.6. The molecule has 2 aromatic rings. The fourth-order valence-corrected chi connectivity index (χ4v) is 3.03. The number of aryl methyl sites for hydroxylation is 1. The number of aromatic hydroxyl groups is 1. The van der Waals surface area contributed by atoms with Gasteiger partial charge < -0.3 is 20.2 Å². The Hall–Kier alpha value is -2.70. The first kappa shape index (κ1) is 17.1. The van der Waals surface area contributed by atoms with Crippen LogP contribution in [0.5, 0.6) is 5.75 Å². The molecule has 0 unspecified atom stereocenters. The Morgan fingerprint density at radius 3 is 2.60 bits per heavy atom. The van der Waals surface area contributed by atoms with Gasteiger partial charge in [0.15, 0.2) is 5.96 Å². The number of phenols is 1. The second kappa shape index (κ2) is 7.92. The number of nitrogens with zero attached hydrogens (tertiary/aromatic N) is 5. The van der Waals surface area contributed by atoms with Crippen LogP contribution < -0.4 is 10.2 Å². The van der Waals surface area contributed by atoms with Crippen molar-refractivity contribution in [3.63, 3.8) is 0 Å². The van der Waals surface area contributed by atoms with E-state index in [1.54, 1.807) is 12.3 Å². The molecule has 1 aromatic carbocycles. The van der Waals surface area contributed by atoms with Crippen LogP contribution in [0.25, 0.3) is 0 Å². The third-order valence-electron chi connectivity index (χ3n) is 4.45. The van der Waals surface area contributed by atoms with Gasteiger partial charge in [0, 0.05) is 46.0 Å². The zero-order chi connectivity index (χ0) is 17.6. The maximum Gasteiger partial charge on any atom is 0.194 e. The number of anilines is 1. The highest BCUT2D eigenvalue weighted by Crippen LogP contribution is 2.27. The second-order valence-electron chi connectivity index (χ2n) is 6.08. The molecule has 25 heavy (non-hydrogen) atoms. The summed E-state index contributed by atoms with van der Waals surface area (Å²) in [6.07, 6.45) is 1.79. The quantitative estimate of drug-likeness (QED) is 0.650. The first-order chi connectivity index (χ1) is 12.2. The fraction of sp³-hybridized carbons (Fsp3) is 0.444. The SMILES string of the molecule is CCNC(=NCc1ccnn1C)N1CCN(c2ccccc2O)CC1. The fourth-order valence-electron chi connectivity index (χ4n) is 3.03. The van der Waals surface area contributed by atoms with E-state index in [1.807, 2.05) is 36.0 Å². The van der Waals surface area contributed by atoms with Crippen molar-refractivity contribution in [1.82, 2.24) is 20.0 Å². The van der Waals surface area contributed by atoms with Crippen LogP contribution in [0, 0.1) is 0 Å². The van der Waals surface area contributed by atoms with Crippen molar-refractivity contribution in [3.05, 3.63) is 42.2 Å². The van der Waals surface area contributed by atoms with Crippen LogP contribution >= 0.6 is 0 Å². The van der Waals surface area contributed by atoms with Crippen molar-refractivity contribution in [1.29, 1.82) is 0 Å². The van der Waals surface area contributed by atoms with Gasteiger partial charge in [-0.2, -0.15) is 5.10 Å². The largest absolute Gasteiger partial charge is 0.506 e. The Labute approximate surface area is 148 Å². The molecule has 7 heteroatoms. The standard InChI is InChI=1S/C18H26N6O/c1-3-19-18(20-14-15-8-9-21-22(15)2)24-12-10-23(11-13-24)16-6-4-5-7-17(16)25/h4-9,25H,3,10-14H2,1-2H3,(H,19,20). The lowest BCUT2D eigenvalue weighted by atomic mass is 10.2. The molecule has 0 aliphatic carbocycles. The maximum atomic E-state index is 10.0. The normalized spacial score (nSPS) is 15.5. The Morgan fingerprint density at radius 1 is 1.20 bits per heavy atom. The number of aliphatic imine (C=N–C) groups is 1. The van der Waals surface area contributed by atoms with Crippen molar-refractivity contribution < 1.29 is 5.11 Å². The minimum absolute atomic E-state index is 0.340. The maximum absolute atomic E-state index is 10.0. The summed E-state index contributed by atoms with van der Waals surface area (Å²) in [6, 6.07) is 9.50. The van der Waals surface area contributed by atoms with E-state index in [1.165, 1.54) is 0 Å². The summed E-state index contributed by atoms with van der Waals surface area (Å²) in [6.45, 7) is 6.97. The zero-order valence-electron chi connectivity index (χ0n) is 14.9. The van der Waals surface area contributed by atoms with Crippen molar-refractivity contribution >= 4 is 11.6 Å². The molecule has 0 spiro atoms. The van der Waals surface area contributed by atoms with Gasteiger partial charge >= 0.3 is 0 Å². The summed E-state index contributed by atoms with van der Waals surface area (Å²) in [5.74, 6) is 1.27. The first-order valence-electron chi connectivity index (χ1n) is 8.72. The van der Waals surface area contributed by atoms with Crippen LogP contribution in [0.4, 0.5) is 5.69 Å². The van der Waals surface area contributed by atoms with Gasteiger partial charge in [-0.25, -0.2) is 4.99 Å². The number of nitrogens with one attached hydrogen (secondary N) is 1. The topological polar surface area (TPSA) is 68.9 Å². The molecule has 0 atom stereocenters. The number of aromatic nitrogens is 2. The molecule has 134 valence electrons. The molecule has 1 fully saturated rings. The van der Waals surface area contributed by atoms with Gasteiger partial charge in [-0.05, 0) is 25.1 Å². The average molecular weight is 342 g/mol. The predicted octanol–water partition coefficient (Wildman–Crippen LogP) is 1.41. The van der Waals surface area contributed by atoms with Gasteiger partial charge in [0.25, 0.3) is 0 Å². The van der Waals surface area contributed by atoms with E-state index in [2.05, 4.69) is 27.1 Å². The van der Waals surface area contributed by atoms with Gasteiger partial charge in [-0.15, -0.1) is 0 Å². The number of rotatable bonds is 4. The van der Waals surface area contributed by atoms with Gasteiger partial charge in [-0.1, -0.05) is 12.1 Å². The van der Waals surface area contributed by atoms with Crippen LogP contribution in [0.1, 0.15) is 12.6 Å². The van der Waals surface area contributed by atoms with Crippen LogP contribution in [0.2, 0.25) is 0 Å². The number of phenolic OH excluding ortho intramolecular Hbond substituents is 1. The minimum Gasteiger partial charge on any atom is -0.506 e. The number of hydrogen-bond donors (Lipinski definition) is 2. The highest BCUT2D eigenvalue weighted by atomic mass is 16.3. The molecule has 3 rings (SSSR count). The summed E-state index contributed by atoms with van der Waals surface area (Å²) < 4.78 is 1.85. The molecule has 1 aliphatic heterocycles. The third kappa shape index (κ3) is 4.04. The van der Waals surface area contributed by atoms with Crippen LogP contribution in [-0.4, -0.2) is 58.5 Å². The van der Waals surface area contributed by atoms with Crippen molar-refractivity contribution in [2.45, 2.75) is 13.5 Å². The Morgan fingerprint density at radius 2 is 1.96 bits per heavy atom. The smallest absolute Gasteiger partial charge is 0.194 e. The lowest BCUT2D eigenvalue weighted by Crippen LogP contribution is -2.52. The molecule has 0 radical (unpaired) electrons. The molecular formula is C18H26N6O.